The van der Waals surface area contributed by atoms with Gasteiger partial charge in [-0.05, 0) is 48.0 Å². The van der Waals surface area contributed by atoms with E-state index in [0.717, 1.165) is 16.4 Å². The number of carbonyl (C=O) groups excluding carboxylic acids is 1. The Labute approximate surface area is 204 Å². The molecule has 3 rings (SSSR count). The van der Waals surface area contributed by atoms with Gasteiger partial charge in [0.05, 0.1) is 24.8 Å². The molecule has 2 N–H and O–H groups in total. The average Bonchev–Trinajstić information content (AvgIpc) is 2.79. The number of nitrogens with two attached hydrogens (primary N) is 1. The van der Waals surface area contributed by atoms with Crippen molar-refractivity contribution >= 4 is 37.5 Å². The van der Waals surface area contributed by atoms with E-state index < -0.39 is 34.1 Å². The van der Waals surface area contributed by atoms with E-state index in [2.05, 4.69) is 15.9 Å². The first kappa shape index (κ1) is 25.4. The summed E-state index contributed by atoms with van der Waals surface area (Å²) < 4.78 is 67.6. The normalized spacial score (nSPS) is 11.2. The van der Waals surface area contributed by atoms with Crippen molar-refractivity contribution in [1.29, 1.82) is 0 Å². The highest BCUT2D eigenvalue weighted by Gasteiger charge is 2.30. The lowest BCUT2D eigenvalue weighted by molar-refractivity contribution is -0.116. The Balaban J connectivity index is 2.18. The summed E-state index contributed by atoms with van der Waals surface area (Å²) in [6, 6.07) is 11.9. The molecule has 0 bridgehead atoms. The molecule has 0 unspecified atom stereocenters. The number of halogens is 3. The van der Waals surface area contributed by atoms with E-state index in [1.165, 1.54) is 50.6 Å². The van der Waals surface area contributed by atoms with Crippen molar-refractivity contribution in [2.75, 3.05) is 25.1 Å². The highest BCUT2D eigenvalue weighted by Crippen LogP contribution is 2.35. The number of nitrogens with zero attached hydrogens (tertiary/aromatic N) is 1. The molecule has 0 saturated carbocycles. The maximum Gasteiger partial charge on any atom is 0.264 e. The minimum absolute atomic E-state index is 0.0411. The Morgan fingerprint density at radius 2 is 1.65 bits per heavy atom. The lowest BCUT2D eigenvalue weighted by Crippen LogP contribution is -2.39. The van der Waals surface area contributed by atoms with E-state index >= 15 is 0 Å². The van der Waals surface area contributed by atoms with Crippen molar-refractivity contribution < 1.29 is 31.5 Å². The first-order valence-corrected chi connectivity index (χ1v) is 12.1. The molecule has 0 heterocycles. The number of hydrogen-bond donors (Lipinski definition) is 1. The van der Waals surface area contributed by atoms with Gasteiger partial charge in [0.1, 0.15) is 18.2 Å². The maximum atomic E-state index is 14.3. The number of rotatable bonds is 9. The molecule has 0 aromatic heterocycles. The molecule has 0 atom stereocenters. The summed E-state index contributed by atoms with van der Waals surface area (Å²) in [6.07, 6.45) is -0.274. The number of primary amides is 1. The second kappa shape index (κ2) is 10.4. The zero-order valence-corrected chi connectivity index (χ0v) is 20.6. The topological polar surface area (TPSA) is 98.9 Å². The molecule has 0 fully saturated rings. The van der Waals surface area contributed by atoms with Crippen LogP contribution in [0.1, 0.15) is 11.1 Å². The number of ether oxygens (including phenoxy) is 2. The van der Waals surface area contributed by atoms with E-state index in [0.29, 0.717) is 10.2 Å². The second-order valence-corrected chi connectivity index (χ2v) is 9.92. The largest absolute Gasteiger partial charge is 0.493 e. The van der Waals surface area contributed by atoms with Crippen LogP contribution in [-0.2, 0) is 21.2 Å². The molecule has 0 aliphatic rings. The number of benzene rings is 3. The molecular formula is C23H21BrF2N2O5S. The van der Waals surface area contributed by atoms with Crippen LogP contribution in [0.2, 0.25) is 0 Å². The Hall–Kier alpha value is -3.18. The summed E-state index contributed by atoms with van der Waals surface area (Å²) in [6.45, 7) is -0.703. The number of anilines is 1. The van der Waals surface area contributed by atoms with Crippen LogP contribution < -0.4 is 19.5 Å². The van der Waals surface area contributed by atoms with Crippen molar-refractivity contribution in [3.05, 3.63) is 81.8 Å². The fourth-order valence-corrected chi connectivity index (χ4v) is 5.27. The van der Waals surface area contributed by atoms with Crippen LogP contribution in [0.4, 0.5) is 14.5 Å². The van der Waals surface area contributed by atoms with E-state index in [1.54, 1.807) is 6.07 Å². The summed E-state index contributed by atoms with van der Waals surface area (Å²) in [5.41, 5.74) is 5.42. The summed E-state index contributed by atoms with van der Waals surface area (Å²) in [7, 11) is -1.60. The molecule has 3 aromatic rings. The van der Waals surface area contributed by atoms with E-state index in [4.69, 9.17) is 15.2 Å². The van der Waals surface area contributed by atoms with Gasteiger partial charge in [-0.15, -0.1) is 0 Å². The van der Waals surface area contributed by atoms with Crippen LogP contribution in [0.15, 0.2) is 64.0 Å². The maximum absolute atomic E-state index is 14.3. The minimum Gasteiger partial charge on any atom is -0.493 e. The minimum atomic E-state index is -4.36. The monoisotopic (exact) mass is 554 g/mol. The van der Waals surface area contributed by atoms with Gasteiger partial charge in [0, 0.05) is 22.5 Å². The van der Waals surface area contributed by atoms with Gasteiger partial charge in [-0.25, -0.2) is 17.2 Å². The molecule has 1 amide bonds. The lowest BCUT2D eigenvalue weighted by atomic mass is 10.0. The zero-order chi connectivity index (χ0) is 25.0. The quantitative estimate of drug-likeness (QED) is 0.430. The predicted molar refractivity (Wildman–Crippen MR) is 127 cm³/mol. The smallest absolute Gasteiger partial charge is 0.264 e. The van der Waals surface area contributed by atoms with Crippen LogP contribution >= 0.6 is 15.9 Å². The van der Waals surface area contributed by atoms with Crippen LogP contribution in [0, 0.1) is 11.6 Å². The van der Waals surface area contributed by atoms with Gasteiger partial charge in [0.15, 0.2) is 11.5 Å². The standard InChI is InChI=1S/C23H21BrF2N2O5S/c1-32-21-9-7-16(12-22(21)33-2)34(30,31)28(13-23(27)29)20-8-6-15(24)10-14(20)11-17-18(25)4-3-5-19(17)26/h3-10,12H,11,13H2,1-2H3,(H2,27,29). The molecule has 180 valence electrons. The van der Waals surface area contributed by atoms with Crippen LogP contribution in [0.5, 0.6) is 11.5 Å². The number of methoxy groups -OCH3 is 2. The molecule has 34 heavy (non-hydrogen) atoms. The van der Waals surface area contributed by atoms with Gasteiger partial charge >= 0.3 is 0 Å². The van der Waals surface area contributed by atoms with Gasteiger partial charge in [0.25, 0.3) is 10.0 Å². The number of carbonyl (C=O) groups is 1. The molecule has 0 radical (unpaired) electrons. The Morgan fingerprint density at radius 3 is 2.24 bits per heavy atom. The summed E-state index contributed by atoms with van der Waals surface area (Å²) >= 11 is 3.30. The number of sulfonamides is 1. The first-order chi connectivity index (χ1) is 16.1. The third-order valence-corrected chi connectivity index (χ3v) is 7.23. The van der Waals surface area contributed by atoms with Crippen molar-refractivity contribution in [3.8, 4) is 11.5 Å². The third-order valence-electron chi connectivity index (χ3n) is 4.98. The zero-order valence-electron chi connectivity index (χ0n) is 18.2. The van der Waals surface area contributed by atoms with Gasteiger partial charge in [-0.2, -0.15) is 0 Å². The van der Waals surface area contributed by atoms with Crippen LogP contribution in [-0.4, -0.2) is 35.1 Å². The van der Waals surface area contributed by atoms with Crippen LogP contribution in [0.3, 0.4) is 0 Å². The average molecular weight is 555 g/mol. The predicted octanol–water partition coefficient (Wildman–Crippen LogP) is 4.02. The van der Waals surface area contributed by atoms with Crippen molar-refractivity contribution in [1.82, 2.24) is 0 Å². The summed E-state index contributed by atoms with van der Waals surface area (Å²) in [5.74, 6) is -2.02. The molecule has 0 aliphatic heterocycles. The van der Waals surface area contributed by atoms with Crippen LogP contribution in [0.25, 0.3) is 0 Å². The van der Waals surface area contributed by atoms with E-state index in [1.807, 2.05) is 0 Å². The second-order valence-electron chi connectivity index (χ2n) is 7.14. The van der Waals surface area contributed by atoms with Gasteiger partial charge < -0.3 is 15.2 Å². The van der Waals surface area contributed by atoms with Crippen molar-refractivity contribution in [2.45, 2.75) is 11.3 Å². The molecule has 11 heteroatoms. The molecule has 7 nitrogen and oxygen atoms in total. The van der Waals surface area contributed by atoms with Gasteiger partial charge in [-0.1, -0.05) is 22.0 Å². The summed E-state index contributed by atoms with van der Waals surface area (Å²) in [5, 5.41) is 0. The molecule has 0 saturated heterocycles. The van der Waals surface area contributed by atoms with Crippen molar-refractivity contribution in [2.24, 2.45) is 5.73 Å². The molecular weight excluding hydrogens is 534 g/mol. The SMILES string of the molecule is COc1ccc(S(=O)(=O)N(CC(N)=O)c2ccc(Br)cc2Cc2c(F)cccc2F)cc1OC. The summed E-state index contributed by atoms with van der Waals surface area (Å²) in [4.78, 5) is 11.7. The Morgan fingerprint density at radius 1 is 1.00 bits per heavy atom. The molecule has 0 spiro atoms. The van der Waals surface area contributed by atoms with Gasteiger partial charge in [0.2, 0.25) is 5.91 Å². The molecule has 3 aromatic carbocycles. The fourth-order valence-electron chi connectivity index (χ4n) is 3.38. The molecule has 0 aliphatic carbocycles. The highest BCUT2D eigenvalue weighted by molar-refractivity contribution is 9.10. The van der Waals surface area contributed by atoms with Gasteiger partial charge in [-0.3, -0.25) is 9.10 Å². The number of amides is 1. The fraction of sp³-hybridized carbons (Fsp3) is 0.174. The number of hydrogen-bond acceptors (Lipinski definition) is 5. The highest BCUT2D eigenvalue weighted by atomic mass is 79.9. The van der Waals surface area contributed by atoms with Crippen molar-refractivity contribution in [3.63, 3.8) is 0 Å². The first-order valence-electron chi connectivity index (χ1n) is 9.83. The lowest BCUT2D eigenvalue weighted by Gasteiger charge is -2.26. The Bertz CT molecular complexity index is 1310. The Kier molecular flexibility index (Phi) is 7.78. The van der Waals surface area contributed by atoms with E-state index in [-0.39, 0.29) is 33.9 Å². The van der Waals surface area contributed by atoms with E-state index in [9.17, 15) is 22.0 Å². The third kappa shape index (κ3) is 5.31.